The molecular weight excluding hydrogens is 737 g/mol. The van der Waals surface area contributed by atoms with Crippen molar-refractivity contribution in [2.75, 3.05) is 39.3 Å². The van der Waals surface area contributed by atoms with Gasteiger partial charge < -0.3 is 40.9 Å². The predicted molar refractivity (Wildman–Crippen MR) is 226 cm³/mol. The van der Waals surface area contributed by atoms with Gasteiger partial charge in [-0.1, -0.05) is 48.5 Å². The molecule has 0 unspecified atom stereocenters. The zero-order valence-electron chi connectivity index (χ0n) is 32.2. The van der Waals surface area contributed by atoms with Crippen LogP contribution in [0.25, 0.3) is 24.3 Å². The quantitative estimate of drug-likeness (QED) is 0.0433. The smallest absolute Gasteiger partial charge is 0.246 e. The molecule has 0 spiro atoms. The number of carbonyl (C=O) groups excluding carboxylic acids is 4. The fourth-order valence-electron chi connectivity index (χ4n) is 5.58. The lowest BCUT2D eigenvalue weighted by molar-refractivity contribution is -0.127. The molecule has 4 aromatic carbocycles. The first-order valence-corrected chi connectivity index (χ1v) is 19.1. The Kier molecular flexibility index (Phi) is 17.9. The van der Waals surface area contributed by atoms with Crippen LogP contribution < -0.4 is 10.6 Å². The van der Waals surface area contributed by atoms with Crippen LogP contribution in [-0.2, 0) is 19.2 Å². The summed E-state index contributed by atoms with van der Waals surface area (Å²) in [6, 6.07) is 25.9. The monoisotopic (exact) mass is 786 g/mol. The summed E-state index contributed by atoms with van der Waals surface area (Å²) < 4.78 is 0. The maximum atomic E-state index is 13.4. The Hall–Kier alpha value is -7.08. The van der Waals surface area contributed by atoms with Crippen LogP contribution in [0.1, 0.15) is 47.9 Å². The third kappa shape index (κ3) is 16.7. The van der Waals surface area contributed by atoms with Gasteiger partial charge in [-0.05, 0) is 121 Å². The van der Waals surface area contributed by atoms with Crippen molar-refractivity contribution in [2.24, 2.45) is 0 Å². The average molecular weight is 787 g/mol. The predicted octanol–water partition coefficient (Wildman–Crippen LogP) is 6.11. The minimum absolute atomic E-state index is 0.123. The third-order valence-corrected chi connectivity index (χ3v) is 8.80. The highest BCUT2D eigenvalue weighted by Crippen LogP contribution is 2.14. The molecule has 0 bridgehead atoms. The van der Waals surface area contributed by atoms with Gasteiger partial charge in [-0.15, -0.1) is 0 Å². The van der Waals surface area contributed by atoms with Gasteiger partial charge in [-0.3, -0.25) is 19.2 Å². The molecule has 302 valence electrons. The first-order valence-electron chi connectivity index (χ1n) is 19.1. The molecule has 6 N–H and O–H groups in total. The van der Waals surface area contributed by atoms with E-state index in [0.29, 0.717) is 65.0 Å². The highest BCUT2D eigenvalue weighted by molar-refractivity contribution is 5.93. The molecule has 0 aliphatic rings. The maximum Gasteiger partial charge on any atom is 0.246 e. The van der Waals surface area contributed by atoms with E-state index in [2.05, 4.69) is 10.6 Å². The first kappa shape index (κ1) is 43.6. The van der Waals surface area contributed by atoms with Gasteiger partial charge in [0, 0.05) is 63.6 Å². The minimum atomic E-state index is -0.285. The summed E-state index contributed by atoms with van der Waals surface area (Å²) in [5.41, 5.74) is 3.03. The van der Waals surface area contributed by atoms with E-state index in [-0.39, 0.29) is 46.6 Å². The van der Waals surface area contributed by atoms with Crippen LogP contribution in [0.2, 0.25) is 0 Å². The lowest BCUT2D eigenvalue weighted by Crippen LogP contribution is -2.36. The Morgan fingerprint density at radius 2 is 0.655 bits per heavy atom. The van der Waals surface area contributed by atoms with E-state index in [1.165, 1.54) is 72.8 Å². The van der Waals surface area contributed by atoms with Gasteiger partial charge in [0.25, 0.3) is 0 Å². The van der Waals surface area contributed by atoms with Gasteiger partial charge in [-0.2, -0.15) is 0 Å². The molecule has 58 heavy (non-hydrogen) atoms. The summed E-state index contributed by atoms with van der Waals surface area (Å²) >= 11 is 0. The topological polar surface area (TPSA) is 180 Å². The Labute approximate surface area is 338 Å². The molecule has 0 heterocycles. The molecule has 0 aliphatic carbocycles. The molecule has 0 atom stereocenters. The van der Waals surface area contributed by atoms with E-state index in [4.69, 9.17) is 0 Å². The fourth-order valence-corrected chi connectivity index (χ4v) is 5.58. The number of phenols is 4. The Balaban J connectivity index is 1.32. The molecule has 0 saturated carbocycles. The molecule has 0 aromatic heterocycles. The van der Waals surface area contributed by atoms with Gasteiger partial charge >= 0.3 is 0 Å². The van der Waals surface area contributed by atoms with Crippen LogP contribution in [-0.4, -0.2) is 93.1 Å². The van der Waals surface area contributed by atoms with Crippen molar-refractivity contribution >= 4 is 47.9 Å². The van der Waals surface area contributed by atoms with Crippen molar-refractivity contribution in [3.05, 3.63) is 144 Å². The van der Waals surface area contributed by atoms with E-state index >= 15 is 0 Å². The van der Waals surface area contributed by atoms with Gasteiger partial charge in [0.1, 0.15) is 23.0 Å². The van der Waals surface area contributed by atoms with E-state index in [0.717, 1.165) is 22.3 Å². The molecule has 0 fully saturated rings. The van der Waals surface area contributed by atoms with Crippen molar-refractivity contribution in [1.82, 2.24) is 20.4 Å². The summed E-state index contributed by atoms with van der Waals surface area (Å²) in [7, 11) is 0. The summed E-state index contributed by atoms with van der Waals surface area (Å²) in [5, 5.41) is 43.8. The third-order valence-electron chi connectivity index (χ3n) is 8.80. The Morgan fingerprint density at radius 3 is 0.948 bits per heavy atom. The van der Waals surface area contributed by atoms with Crippen molar-refractivity contribution in [1.29, 1.82) is 0 Å². The van der Waals surface area contributed by atoms with Gasteiger partial charge in [-0.25, -0.2) is 0 Å². The molecule has 4 aromatic rings. The van der Waals surface area contributed by atoms with Crippen molar-refractivity contribution in [3.63, 3.8) is 0 Å². The highest BCUT2D eigenvalue weighted by atomic mass is 16.3. The zero-order valence-corrected chi connectivity index (χ0v) is 32.2. The Bertz CT molecular complexity index is 1890. The summed E-state index contributed by atoms with van der Waals surface area (Å²) in [4.78, 5) is 55.0. The van der Waals surface area contributed by atoms with E-state index in [1.807, 2.05) is 0 Å². The van der Waals surface area contributed by atoms with Crippen LogP contribution in [0.3, 0.4) is 0 Å². The SMILES string of the molecule is O=C(C=Cc1ccc(O)cc1)NCCCN(CCCCN(CCCNC(=O)C=Cc1ccc(O)cc1)C(=O)C=Cc1ccc(O)cc1)C(=O)C=Cc1ccc(O)cc1. The second-order valence-electron chi connectivity index (χ2n) is 13.3. The lowest BCUT2D eigenvalue weighted by Gasteiger charge is -2.24. The summed E-state index contributed by atoms with van der Waals surface area (Å²) in [6.45, 7) is 2.23. The number of benzene rings is 4. The molecule has 0 radical (unpaired) electrons. The largest absolute Gasteiger partial charge is 0.508 e. The number of amides is 4. The van der Waals surface area contributed by atoms with Gasteiger partial charge in [0.2, 0.25) is 23.6 Å². The number of rotatable bonds is 21. The molecular formula is C46H50N4O8. The lowest BCUT2D eigenvalue weighted by atomic mass is 10.2. The molecule has 12 nitrogen and oxygen atoms in total. The second-order valence-corrected chi connectivity index (χ2v) is 13.3. The van der Waals surface area contributed by atoms with Crippen LogP contribution in [0.15, 0.2) is 121 Å². The fraction of sp³-hybridized carbons (Fsp3) is 0.217. The minimum Gasteiger partial charge on any atom is -0.508 e. The summed E-state index contributed by atoms with van der Waals surface area (Å²) in [6.07, 6.45) is 14.6. The van der Waals surface area contributed by atoms with Crippen molar-refractivity contribution < 1.29 is 39.6 Å². The zero-order chi connectivity index (χ0) is 41.5. The molecule has 4 rings (SSSR count). The van der Waals surface area contributed by atoms with Crippen molar-refractivity contribution in [3.8, 4) is 23.0 Å². The Morgan fingerprint density at radius 1 is 0.397 bits per heavy atom. The first-order chi connectivity index (χ1) is 28.0. The number of nitrogens with zero attached hydrogens (tertiary/aromatic N) is 2. The van der Waals surface area contributed by atoms with E-state index < -0.39 is 0 Å². The average Bonchev–Trinajstić information content (AvgIpc) is 3.22. The molecule has 12 heteroatoms. The number of phenolic OH excluding ortho intramolecular Hbond substituents is 4. The van der Waals surface area contributed by atoms with Crippen molar-refractivity contribution in [2.45, 2.75) is 25.7 Å². The molecule has 0 aliphatic heterocycles. The number of unbranched alkanes of at least 4 members (excludes halogenated alkanes) is 1. The van der Waals surface area contributed by atoms with Crippen LogP contribution in [0.5, 0.6) is 23.0 Å². The highest BCUT2D eigenvalue weighted by Gasteiger charge is 2.14. The molecule has 0 saturated heterocycles. The van der Waals surface area contributed by atoms with E-state index in [9.17, 15) is 39.6 Å². The maximum absolute atomic E-state index is 13.4. The standard InChI is InChI=1S/C46H50N4O8/c51-39-17-5-35(6-18-39)13-25-43(55)47-29-3-33-49(45(57)27-15-37-9-21-41(53)22-10-37)31-1-2-32-50(46(58)28-16-38-11-23-42(54)24-12-38)34-4-30-48-44(56)26-14-36-7-19-40(52)20-8-36/h5-28,51-54H,1-4,29-34H2,(H,47,55)(H,48,56). The van der Waals surface area contributed by atoms with Crippen LogP contribution in [0.4, 0.5) is 0 Å². The van der Waals surface area contributed by atoms with Gasteiger partial charge in [0.05, 0.1) is 0 Å². The second kappa shape index (κ2) is 23.8. The number of nitrogens with one attached hydrogen (secondary N) is 2. The van der Waals surface area contributed by atoms with Crippen LogP contribution in [0, 0.1) is 0 Å². The number of carbonyl (C=O) groups is 4. The summed E-state index contributed by atoms with van der Waals surface area (Å²) in [5.74, 6) is -0.481. The van der Waals surface area contributed by atoms with E-state index in [1.54, 1.807) is 82.6 Å². The number of aromatic hydroxyl groups is 4. The number of hydrogen-bond donors (Lipinski definition) is 6. The normalized spacial score (nSPS) is 11.4. The van der Waals surface area contributed by atoms with Crippen LogP contribution >= 0.6 is 0 Å². The number of hydrogen-bond acceptors (Lipinski definition) is 8. The van der Waals surface area contributed by atoms with Gasteiger partial charge in [0.15, 0.2) is 0 Å². The molecule has 4 amide bonds.